The van der Waals surface area contributed by atoms with Gasteiger partial charge in [0.1, 0.15) is 22.9 Å². The predicted molar refractivity (Wildman–Crippen MR) is 189 cm³/mol. The van der Waals surface area contributed by atoms with Gasteiger partial charge in [-0.05, 0) is 84.5 Å². The van der Waals surface area contributed by atoms with Crippen LogP contribution in [0.3, 0.4) is 0 Å². The number of carbonyl (C=O) groups excluding carboxylic acids is 2. The van der Waals surface area contributed by atoms with Crippen LogP contribution in [0.2, 0.25) is 5.02 Å². The molecule has 15 heteroatoms. The smallest absolute Gasteiger partial charge is 0.466 e. The summed E-state index contributed by atoms with van der Waals surface area (Å²) in [6.07, 6.45) is -3.00. The van der Waals surface area contributed by atoms with E-state index in [9.17, 15) is 31.2 Å². The Hall–Kier alpha value is -4.95. The molecule has 5 aromatic rings. The Kier molecular flexibility index (Phi) is 12.1. The number of hydrogen-bond donors (Lipinski definition) is 1. The topological polar surface area (TPSA) is 104 Å². The molecule has 0 spiro atoms. The summed E-state index contributed by atoms with van der Waals surface area (Å²) in [5.74, 6) is -5.29. The molecule has 5 rings (SSSR count). The number of ether oxygens (including phenoxy) is 2. The van der Waals surface area contributed by atoms with E-state index in [1.54, 1.807) is 13.0 Å². The van der Waals surface area contributed by atoms with E-state index >= 15 is 8.78 Å². The minimum absolute atomic E-state index is 0.0461. The zero-order valence-electron chi connectivity index (χ0n) is 28.4. The van der Waals surface area contributed by atoms with Crippen molar-refractivity contribution in [2.24, 2.45) is 0 Å². The summed E-state index contributed by atoms with van der Waals surface area (Å²) < 4.78 is 109. The molecule has 1 N–H and O–H groups in total. The summed E-state index contributed by atoms with van der Waals surface area (Å²) in [4.78, 5) is 24.4. The van der Waals surface area contributed by atoms with E-state index in [0.29, 0.717) is 24.0 Å². The van der Waals surface area contributed by atoms with Gasteiger partial charge in [0.15, 0.2) is 0 Å². The zero-order chi connectivity index (χ0) is 38.5. The lowest BCUT2D eigenvalue weighted by atomic mass is 9.75. The first kappa shape index (κ1) is 39.3. The van der Waals surface area contributed by atoms with Crippen molar-refractivity contribution in [3.05, 3.63) is 130 Å². The first-order valence-electron chi connectivity index (χ1n) is 16.5. The summed E-state index contributed by atoms with van der Waals surface area (Å²) in [5, 5.41) is 2.54. The highest BCUT2D eigenvalue weighted by Crippen LogP contribution is 2.46. The third-order valence-corrected chi connectivity index (χ3v) is 10.4. The second-order valence-electron chi connectivity index (χ2n) is 12.0. The van der Waals surface area contributed by atoms with Gasteiger partial charge in [-0.2, -0.15) is 0 Å². The van der Waals surface area contributed by atoms with Crippen LogP contribution in [-0.4, -0.2) is 43.8 Å². The molecule has 0 radical (unpaired) electrons. The standard InChI is InChI=1S/C38H34ClF5N2O6S/c1-3-8-28(24-13-16-29(32(40)19-24)37(48)45-18-17-34(47)51-4-2)35(23-11-14-26(15-12-23)52-38(42,43)44)31-22-46(36-30(31)20-25(39)21-33(36)41)53(49,50)27-9-6-5-7-10-27/h5-7,9-16,19-22,28,35H,3-4,8,17-18H2,1-2H3,(H,45,48). The fourth-order valence-corrected chi connectivity index (χ4v) is 7.92. The van der Waals surface area contributed by atoms with Crippen LogP contribution in [0.5, 0.6) is 5.75 Å². The molecular formula is C38H34ClF5N2O6S. The van der Waals surface area contributed by atoms with Crippen LogP contribution in [0, 0.1) is 11.6 Å². The van der Waals surface area contributed by atoms with E-state index < -0.39 is 57.5 Å². The van der Waals surface area contributed by atoms with Crippen molar-refractivity contribution in [3.63, 3.8) is 0 Å². The van der Waals surface area contributed by atoms with Crippen molar-refractivity contribution >= 4 is 44.4 Å². The Balaban J connectivity index is 1.68. The molecule has 0 bridgehead atoms. The van der Waals surface area contributed by atoms with Crippen molar-refractivity contribution in [3.8, 4) is 5.75 Å². The van der Waals surface area contributed by atoms with Gasteiger partial charge >= 0.3 is 12.3 Å². The Labute approximate surface area is 307 Å². The van der Waals surface area contributed by atoms with Crippen LogP contribution >= 0.6 is 11.6 Å². The minimum Gasteiger partial charge on any atom is -0.466 e. The summed E-state index contributed by atoms with van der Waals surface area (Å²) >= 11 is 6.33. The lowest BCUT2D eigenvalue weighted by Crippen LogP contribution is -2.27. The highest BCUT2D eigenvalue weighted by atomic mass is 35.5. The van der Waals surface area contributed by atoms with E-state index in [2.05, 4.69) is 10.1 Å². The average Bonchev–Trinajstić information content (AvgIpc) is 3.48. The fraction of sp³-hybridized carbons (Fsp3) is 0.263. The van der Waals surface area contributed by atoms with E-state index in [0.717, 1.165) is 28.2 Å². The Morgan fingerprint density at radius 1 is 0.906 bits per heavy atom. The number of hydrogen-bond acceptors (Lipinski definition) is 6. The molecule has 0 aliphatic carbocycles. The van der Waals surface area contributed by atoms with Gasteiger partial charge in [-0.25, -0.2) is 21.2 Å². The van der Waals surface area contributed by atoms with Crippen LogP contribution in [0.25, 0.3) is 10.9 Å². The maximum Gasteiger partial charge on any atom is 0.573 e. The molecule has 0 fully saturated rings. The summed E-state index contributed by atoms with van der Waals surface area (Å²) in [7, 11) is -4.41. The van der Waals surface area contributed by atoms with E-state index in [1.165, 1.54) is 60.8 Å². The van der Waals surface area contributed by atoms with E-state index in [4.69, 9.17) is 16.3 Å². The number of aromatic nitrogens is 1. The molecule has 4 aromatic carbocycles. The Bertz CT molecular complexity index is 2210. The van der Waals surface area contributed by atoms with Crippen molar-refractivity contribution in [1.29, 1.82) is 0 Å². The molecule has 53 heavy (non-hydrogen) atoms. The number of fused-ring (bicyclic) bond motifs is 1. The molecule has 1 aromatic heterocycles. The van der Waals surface area contributed by atoms with Crippen LogP contribution in [0.1, 0.15) is 72.0 Å². The first-order chi connectivity index (χ1) is 25.1. The first-order valence-corrected chi connectivity index (χ1v) is 18.4. The fourth-order valence-electron chi connectivity index (χ4n) is 6.31. The second-order valence-corrected chi connectivity index (χ2v) is 14.3. The third-order valence-electron chi connectivity index (χ3n) is 8.51. The van der Waals surface area contributed by atoms with Crippen molar-refractivity contribution in [2.45, 2.75) is 56.2 Å². The van der Waals surface area contributed by atoms with Gasteiger partial charge < -0.3 is 14.8 Å². The van der Waals surface area contributed by atoms with Crippen LogP contribution in [0.15, 0.2) is 96.0 Å². The maximum absolute atomic E-state index is 15.9. The van der Waals surface area contributed by atoms with Crippen LogP contribution in [0.4, 0.5) is 22.0 Å². The SMILES string of the molecule is CCCC(c1ccc(C(=O)NCCC(=O)OCC)c(F)c1)C(c1ccc(OC(F)(F)F)cc1)c1cn(S(=O)(=O)c2ccccc2)c2c(F)cc(Cl)cc12. The van der Waals surface area contributed by atoms with Gasteiger partial charge in [-0.1, -0.05) is 61.3 Å². The summed E-state index contributed by atoms with van der Waals surface area (Å²) in [6, 6.07) is 18.6. The molecule has 280 valence electrons. The third kappa shape index (κ3) is 8.99. The largest absolute Gasteiger partial charge is 0.573 e. The van der Waals surface area contributed by atoms with E-state index in [-0.39, 0.29) is 51.5 Å². The van der Waals surface area contributed by atoms with Crippen molar-refractivity contribution in [2.75, 3.05) is 13.2 Å². The molecular weight excluding hydrogens is 743 g/mol. The minimum atomic E-state index is -4.97. The average molecular weight is 777 g/mol. The number of halogens is 6. The molecule has 0 saturated heterocycles. The number of benzene rings is 4. The normalized spacial score (nSPS) is 13.1. The van der Waals surface area contributed by atoms with E-state index in [1.807, 2.05) is 6.92 Å². The molecule has 1 heterocycles. The number of rotatable bonds is 14. The quantitative estimate of drug-likeness (QED) is 0.0892. The van der Waals surface area contributed by atoms with Gasteiger partial charge in [0.05, 0.1) is 23.5 Å². The molecule has 0 aliphatic rings. The lowest BCUT2D eigenvalue weighted by Gasteiger charge is -2.29. The summed E-state index contributed by atoms with van der Waals surface area (Å²) in [5.41, 5.74) is 0.354. The molecule has 0 saturated carbocycles. The lowest BCUT2D eigenvalue weighted by molar-refractivity contribution is -0.274. The van der Waals surface area contributed by atoms with Crippen molar-refractivity contribution < 1.29 is 49.4 Å². The highest BCUT2D eigenvalue weighted by Gasteiger charge is 2.34. The molecule has 2 atom stereocenters. The van der Waals surface area contributed by atoms with Gasteiger partial charge in [0.25, 0.3) is 15.9 Å². The highest BCUT2D eigenvalue weighted by molar-refractivity contribution is 7.90. The number of amides is 1. The van der Waals surface area contributed by atoms with Gasteiger partial charge in [0.2, 0.25) is 0 Å². The van der Waals surface area contributed by atoms with Crippen LogP contribution in [-0.2, 0) is 19.6 Å². The molecule has 0 aliphatic heterocycles. The number of carbonyl (C=O) groups is 2. The zero-order valence-corrected chi connectivity index (χ0v) is 30.0. The second kappa shape index (κ2) is 16.4. The molecule has 1 amide bonds. The monoisotopic (exact) mass is 776 g/mol. The Morgan fingerprint density at radius 3 is 2.21 bits per heavy atom. The predicted octanol–water partition coefficient (Wildman–Crippen LogP) is 9.11. The number of nitrogens with one attached hydrogen (secondary N) is 1. The van der Waals surface area contributed by atoms with Gasteiger partial charge in [0, 0.05) is 29.1 Å². The number of alkyl halides is 3. The van der Waals surface area contributed by atoms with Crippen molar-refractivity contribution in [1.82, 2.24) is 9.29 Å². The molecule has 2 unspecified atom stereocenters. The number of nitrogens with zero attached hydrogens (tertiary/aromatic N) is 1. The summed E-state index contributed by atoms with van der Waals surface area (Å²) in [6.45, 7) is 3.56. The molecule has 8 nitrogen and oxygen atoms in total. The Morgan fingerprint density at radius 2 is 1.58 bits per heavy atom. The van der Waals surface area contributed by atoms with Gasteiger partial charge in [-0.3, -0.25) is 9.59 Å². The van der Waals surface area contributed by atoms with Crippen LogP contribution < -0.4 is 10.1 Å². The number of esters is 1. The van der Waals surface area contributed by atoms with Gasteiger partial charge in [-0.15, -0.1) is 13.2 Å². The maximum atomic E-state index is 15.9.